The van der Waals surface area contributed by atoms with Crippen molar-refractivity contribution in [1.29, 1.82) is 0 Å². The van der Waals surface area contributed by atoms with Crippen molar-refractivity contribution in [2.24, 2.45) is 34.3 Å². The van der Waals surface area contributed by atoms with E-state index in [2.05, 4.69) is 20.8 Å². The normalized spacial score (nSPS) is 46.2. The van der Waals surface area contributed by atoms with Gasteiger partial charge in [0.25, 0.3) is 0 Å². The summed E-state index contributed by atoms with van der Waals surface area (Å²) >= 11 is 0. The van der Waals surface area contributed by atoms with E-state index in [9.17, 15) is 0 Å². The molecule has 0 spiro atoms. The third-order valence-electron chi connectivity index (χ3n) is 6.50. The Labute approximate surface area is 107 Å². The topological polar surface area (TPSA) is 26.0 Å². The number of rotatable bonds is 3. The monoisotopic (exact) mass is 235 g/mol. The lowest BCUT2D eigenvalue weighted by molar-refractivity contribution is -0.0881. The van der Waals surface area contributed by atoms with E-state index in [0.717, 1.165) is 17.8 Å². The van der Waals surface area contributed by atoms with Crippen LogP contribution in [0.5, 0.6) is 0 Å². The Morgan fingerprint density at radius 2 is 1.47 bits per heavy atom. The number of nitrogens with two attached hydrogens (primary N) is 1. The highest BCUT2D eigenvalue weighted by atomic mass is 14.8. The van der Waals surface area contributed by atoms with Gasteiger partial charge < -0.3 is 5.73 Å². The first-order valence-electron chi connectivity index (χ1n) is 7.71. The first kappa shape index (κ1) is 12.0. The van der Waals surface area contributed by atoms with Gasteiger partial charge in [-0.2, -0.15) is 0 Å². The molecule has 0 saturated heterocycles. The van der Waals surface area contributed by atoms with Crippen LogP contribution in [-0.2, 0) is 0 Å². The van der Waals surface area contributed by atoms with Gasteiger partial charge >= 0.3 is 0 Å². The van der Waals surface area contributed by atoms with Gasteiger partial charge in [0, 0.05) is 6.04 Å². The van der Waals surface area contributed by atoms with Gasteiger partial charge in [-0.3, -0.25) is 0 Å². The molecule has 4 rings (SSSR count). The summed E-state index contributed by atoms with van der Waals surface area (Å²) in [6, 6.07) is 0.424. The van der Waals surface area contributed by atoms with E-state index >= 15 is 0 Å². The van der Waals surface area contributed by atoms with Crippen molar-refractivity contribution in [3.63, 3.8) is 0 Å². The zero-order valence-electron chi connectivity index (χ0n) is 11.8. The van der Waals surface area contributed by atoms with E-state index < -0.39 is 0 Å². The molecule has 0 aromatic heterocycles. The second-order valence-electron chi connectivity index (χ2n) is 8.10. The Bertz CT molecular complexity index is 269. The summed E-state index contributed by atoms with van der Waals surface area (Å²) < 4.78 is 0. The summed E-state index contributed by atoms with van der Waals surface area (Å²) in [7, 11) is 0. The lowest BCUT2D eigenvalue weighted by Crippen LogP contribution is -2.59. The standard InChI is InChI=1S/C16H29N/c1-4-15(2,3)14(17)16-8-11-5-12(9-16)7-13(6-11)10-16/h11-14H,4-10,17H2,1-3H3. The molecule has 98 valence electrons. The van der Waals surface area contributed by atoms with E-state index in [1.807, 2.05) is 0 Å². The van der Waals surface area contributed by atoms with Crippen molar-refractivity contribution in [3.8, 4) is 0 Å². The molecule has 1 heteroatoms. The van der Waals surface area contributed by atoms with Crippen molar-refractivity contribution in [2.45, 2.75) is 71.8 Å². The summed E-state index contributed by atoms with van der Waals surface area (Å²) in [6.07, 6.45) is 10.1. The Kier molecular flexibility index (Phi) is 2.63. The first-order valence-corrected chi connectivity index (χ1v) is 7.71. The fourth-order valence-electron chi connectivity index (χ4n) is 5.61. The van der Waals surface area contributed by atoms with Crippen molar-refractivity contribution in [1.82, 2.24) is 0 Å². The second kappa shape index (κ2) is 3.73. The van der Waals surface area contributed by atoms with Crippen LogP contribution in [0.3, 0.4) is 0 Å². The van der Waals surface area contributed by atoms with E-state index in [0.29, 0.717) is 16.9 Å². The largest absolute Gasteiger partial charge is 0.327 e. The van der Waals surface area contributed by atoms with Crippen LogP contribution < -0.4 is 5.73 Å². The Hall–Kier alpha value is -0.0400. The summed E-state index contributed by atoms with van der Waals surface area (Å²) in [6.45, 7) is 7.08. The van der Waals surface area contributed by atoms with Gasteiger partial charge in [0.15, 0.2) is 0 Å². The average molecular weight is 235 g/mol. The molecule has 0 aromatic carbocycles. The highest BCUT2D eigenvalue weighted by Gasteiger charge is 2.55. The van der Waals surface area contributed by atoms with Gasteiger partial charge in [0.2, 0.25) is 0 Å². The van der Waals surface area contributed by atoms with Crippen LogP contribution in [0.15, 0.2) is 0 Å². The SMILES string of the molecule is CCC(C)(C)C(N)C12CC3CC(CC(C3)C1)C2. The molecule has 0 aromatic rings. The lowest BCUT2D eigenvalue weighted by atomic mass is 9.45. The summed E-state index contributed by atoms with van der Waals surface area (Å²) in [5, 5.41) is 0. The van der Waals surface area contributed by atoms with E-state index in [4.69, 9.17) is 5.73 Å². The van der Waals surface area contributed by atoms with Crippen LogP contribution in [0.25, 0.3) is 0 Å². The van der Waals surface area contributed by atoms with Crippen molar-refractivity contribution < 1.29 is 0 Å². The highest BCUT2D eigenvalue weighted by Crippen LogP contribution is 2.62. The molecule has 1 unspecified atom stereocenters. The minimum atomic E-state index is 0.325. The van der Waals surface area contributed by atoms with Gasteiger partial charge in [-0.1, -0.05) is 20.8 Å². The van der Waals surface area contributed by atoms with Crippen LogP contribution in [0.1, 0.15) is 65.7 Å². The van der Waals surface area contributed by atoms with Crippen molar-refractivity contribution in [2.75, 3.05) is 0 Å². The van der Waals surface area contributed by atoms with E-state index in [1.165, 1.54) is 44.9 Å². The molecule has 0 heterocycles. The maximum atomic E-state index is 6.76. The fraction of sp³-hybridized carbons (Fsp3) is 1.00. The lowest BCUT2D eigenvalue weighted by Gasteiger charge is -2.61. The molecule has 1 nitrogen and oxygen atoms in total. The van der Waals surface area contributed by atoms with Gasteiger partial charge in [-0.25, -0.2) is 0 Å². The molecule has 1 atom stereocenters. The molecule has 0 aliphatic heterocycles. The Balaban J connectivity index is 1.86. The quantitative estimate of drug-likeness (QED) is 0.787. The van der Waals surface area contributed by atoms with Crippen LogP contribution in [0.4, 0.5) is 0 Å². The van der Waals surface area contributed by atoms with Crippen LogP contribution in [-0.4, -0.2) is 6.04 Å². The molecule has 0 amide bonds. The molecular weight excluding hydrogens is 206 g/mol. The molecule has 4 fully saturated rings. The Morgan fingerprint density at radius 3 is 1.82 bits per heavy atom. The highest BCUT2D eigenvalue weighted by molar-refractivity contribution is 5.08. The molecular formula is C16H29N. The van der Waals surface area contributed by atoms with Crippen LogP contribution in [0.2, 0.25) is 0 Å². The third kappa shape index (κ3) is 1.77. The van der Waals surface area contributed by atoms with Gasteiger partial charge in [-0.05, 0) is 73.5 Å². The predicted octanol–water partition coefficient (Wildman–Crippen LogP) is 3.97. The molecule has 4 aliphatic rings. The van der Waals surface area contributed by atoms with E-state index in [-0.39, 0.29) is 0 Å². The summed E-state index contributed by atoms with van der Waals surface area (Å²) in [5.74, 6) is 3.08. The third-order valence-corrected chi connectivity index (χ3v) is 6.50. The minimum Gasteiger partial charge on any atom is -0.327 e. The maximum absolute atomic E-state index is 6.76. The second-order valence-corrected chi connectivity index (χ2v) is 8.10. The van der Waals surface area contributed by atoms with Gasteiger partial charge in [0.1, 0.15) is 0 Å². The molecule has 4 aliphatic carbocycles. The molecule has 17 heavy (non-hydrogen) atoms. The smallest absolute Gasteiger partial charge is 0.0147 e. The minimum absolute atomic E-state index is 0.325. The van der Waals surface area contributed by atoms with E-state index in [1.54, 1.807) is 0 Å². The summed E-state index contributed by atoms with van der Waals surface area (Å²) in [4.78, 5) is 0. The molecule has 4 saturated carbocycles. The van der Waals surface area contributed by atoms with Gasteiger partial charge in [-0.15, -0.1) is 0 Å². The van der Waals surface area contributed by atoms with Crippen molar-refractivity contribution >= 4 is 0 Å². The Morgan fingerprint density at radius 1 is 1.06 bits per heavy atom. The molecule has 0 radical (unpaired) electrons. The first-order chi connectivity index (χ1) is 7.95. The maximum Gasteiger partial charge on any atom is 0.0147 e. The van der Waals surface area contributed by atoms with Gasteiger partial charge in [0.05, 0.1) is 0 Å². The predicted molar refractivity (Wildman–Crippen MR) is 72.7 cm³/mol. The number of hydrogen-bond donors (Lipinski definition) is 1. The average Bonchev–Trinajstić information content (AvgIpc) is 2.26. The zero-order valence-corrected chi connectivity index (χ0v) is 11.8. The fourth-order valence-corrected chi connectivity index (χ4v) is 5.61. The summed E-state index contributed by atoms with van der Waals surface area (Å²) in [5.41, 5.74) is 7.61. The van der Waals surface area contributed by atoms with Crippen molar-refractivity contribution in [3.05, 3.63) is 0 Å². The molecule has 4 bridgehead atoms. The zero-order chi connectivity index (χ0) is 12.3. The molecule has 2 N–H and O–H groups in total. The van der Waals surface area contributed by atoms with Crippen LogP contribution in [0, 0.1) is 28.6 Å². The van der Waals surface area contributed by atoms with Crippen LogP contribution >= 0.6 is 0 Å². The number of hydrogen-bond acceptors (Lipinski definition) is 1.